The van der Waals surface area contributed by atoms with Crippen LogP contribution < -0.4 is 16.0 Å². The van der Waals surface area contributed by atoms with Gasteiger partial charge in [0.05, 0.1) is 5.41 Å². The van der Waals surface area contributed by atoms with Crippen molar-refractivity contribution in [2.24, 2.45) is 0 Å². The molecule has 3 rings (SSSR count). The molecule has 2 aromatic rings. The topological polar surface area (TPSA) is 79.5 Å². The van der Waals surface area contributed by atoms with E-state index in [2.05, 4.69) is 31.9 Å². The molecule has 0 unspecified atom stereocenters. The van der Waals surface area contributed by atoms with Crippen LogP contribution in [-0.4, -0.2) is 32.2 Å². The molecule has 0 radical (unpaired) electrons. The van der Waals surface area contributed by atoms with Crippen LogP contribution in [0.2, 0.25) is 0 Å². The van der Waals surface area contributed by atoms with Crippen molar-refractivity contribution in [1.29, 1.82) is 0 Å². The van der Waals surface area contributed by atoms with Gasteiger partial charge in [-0.25, -0.2) is 4.79 Å². The molecule has 1 heterocycles. The van der Waals surface area contributed by atoms with Gasteiger partial charge in [0.15, 0.2) is 0 Å². The molecule has 0 aromatic heterocycles. The number of rotatable bonds is 4. The molecule has 142 valence electrons. The molecule has 0 atom stereocenters. The SMILES string of the molecule is CNC(=O)Nc1ccc(NC(=O)C2(c3ccc(Br)cc3)CCOCC2)cc1. The number of urea groups is 1. The number of anilines is 2. The summed E-state index contributed by atoms with van der Waals surface area (Å²) in [5, 5.41) is 8.21. The minimum Gasteiger partial charge on any atom is -0.381 e. The molecule has 0 bridgehead atoms. The summed E-state index contributed by atoms with van der Waals surface area (Å²) in [7, 11) is 1.55. The van der Waals surface area contributed by atoms with Gasteiger partial charge in [0.1, 0.15) is 0 Å². The van der Waals surface area contributed by atoms with Gasteiger partial charge in [-0.1, -0.05) is 28.1 Å². The maximum Gasteiger partial charge on any atom is 0.318 e. The highest BCUT2D eigenvalue weighted by Gasteiger charge is 2.41. The molecule has 0 aliphatic carbocycles. The first-order valence-corrected chi connectivity index (χ1v) is 9.57. The van der Waals surface area contributed by atoms with Gasteiger partial charge in [-0.3, -0.25) is 4.79 Å². The number of benzene rings is 2. The average Bonchev–Trinajstić information content (AvgIpc) is 2.70. The van der Waals surface area contributed by atoms with Gasteiger partial charge in [0.2, 0.25) is 5.91 Å². The Morgan fingerprint density at radius 3 is 2.04 bits per heavy atom. The number of hydrogen-bond donors (Lipinski definition) is 3. The van der Waals surface area contributed by atoms with Crippen LogP contribution in [0.1, 0.15) is 18.4 Å². The van der Waals surface area contributed by atoms with E-state index in [-0.39, 0.29) is 11.9 Å². The third-order valence-electron chi connectivity index (χ3n) is 4.81. The Labute approximate surface area is 166 Å². The second-order valence-electron chi connectivity index (χ2n) is 6.44. The maximum absolute atomic E-state index is 13.2. The number of carbonyl (C=O) groups excluding carboxylic acids is 2. The lowest BCUT2D eigenvalue weighted by Crippen LogP contribution is -2.44. The fraction of sp³-hybridized carbons (Fsp3) is 0.300. The van der Waals surface area contributed by atoms with Crippen LogP contribution in [0.4, 0.5) is 16.2 Å². The third-order valence-corrected chi connectivity index (χ3v) is 5.33. The molecule has 6 nitrogen and oxygen atoms in total. The first kappa shape index (κ1) is 19.4. The van der Waals surface area contributed by atoms with Crippen LogP contribution in [0, 0.1) is 0 Å². The highest BCUT2D eigenvalue weighted by Crippen LogP contribution is 2.36. The lowest BCUT2D eigenvalue weighted by molar-refractivity contribution is -0.125. The Hall–Kier alpha value is -2.38. The smallest absolute Gasteiger partial charge is 0.318 e. The van der Waals surface area contributed by atoms with Crippen molar-refractivity contribution in [3.63, 3.8) is 0 Å². The first-order chi connectivity index (χ1) is 13.0. The molecule has 0 spiro atoms. The Morgan fingerprint density at radius 1 is 0.926 bits per heavy atom. The molecule has 2 aromatic carbocycles. The molecule has 7 heteroatoms. The van der Waals surface area contributed by atoms with Crippen LogP contribution in [0.15, 0.2) is 53.0 Å². The summed E-state index contributed by atoms with van der Waals surface area (Å²) in [4.78, 5) is 24.6. The van der Waals surface area contributed by atoms with Crippen molar-refractivity contribution in [1.82, 2.24) is 5.32 Å². The minimum absolute atomic E-state index is 0.0415. The van der Waals surface area contributed by atoms with Crippen molar-refractivity contribution in [3.8, 4) is 0 Å². The van der Waals surface area contributed by atoms with Crippen LogP contribution in [0.3, 0.4) is 0 Å². The Morgan fingerprint density at radius 2 is 1.48 bits per heavy atom. The molecular formula is C20H22BrN3O3. The van der Waals surface area contributed by atoms with Crippen molar-refractivity contribution in [3.05, 3.63) is 58.6 Å². The van der Waals surface area contributed by atoms with Gasteiger partial charge in [-0.2, -0.15) is 0 Å². The van der Waals surface area contributed by atoms with Crippen LogP contribution in [-0.2, 0) is 14.9 Å². The molecule has 1 fully saturated rings. The normalized spacial score (nSPS) is 15.6. The van der Waals surface area contributed by atoms with Crippen molar-refractivity contribution in [2.75, 3.05) is 30.9 Å². The van der Waals surface area contributed by atoms with Crippen molar-refractivity contribution >= 4 is 39.2 Å². The molecule has 1 saturated heterocycles. The van der Waals surface area contributed by atoms with E-state index in [4.69, 9.17) is 4.74 Å². The average molecular weight is 432 g/mol. The summed E-state index contributed by atoms with van der Waals surface area (Å²) in [5.74, 6) is -0.0415. The molecular weight excluding hydrogens is 410 g/mol. The highest BCUT2D eigenvalue weighted by atomic mass is 79.9. The Balaban J connectivity index is 1.79. The standard InChI is InChI=1S/C20H22BrN3O3/c1-22-19(26)24-17-8-6-16(7-9-17)23-18(25)20(10-12-27-13-11-20)14-2-4-15(21)5-3-14/h2-9H,10-13H2,1H3,(H,23,25)(H2,22,24,26). The van der Waals surface area contributed by atoms with E-state index in [0.717, 1.165) is 10.0 Å². The molecule has 1 aliphatic heterocycles. The predicted octanol–water partition coefficient (Wildman–Crippen LogP) is 3.89. The number of halogens is 1. The summed E-state index contributed by atoms with van der Waals surface area (Å²) in [6.07, 6.45) is 1.27. The molecule has 27 heavy (non-hydrogen) atoms. The number of amides is 3. The monoisotopic (exact) mass is 431 g/mol. The van der Waals surface area contributed by atoms with Gasteiger partial charge in [0, 0.05) is 36.1 Å². The predicted molar refractivity (Wildman–Crippen MR) is 109 cm³/mol. The number of ether oxygens (including phenoxy) is 1. The van der Waals surface area contributed by atoms with E-state index in [1.807, 2.05) is 24.3 Å². The molecule has 3 N–H and O–H groups in total. The minimum atomic E-state index is -0.613. The fourth-order valence-corrected chi connectivity index (χ4v) is 3.48. The van der Waals surface area contributed by atoms with Gasteiger partial charge in [0.25, 0.3) is 0 Å². The Bertz CT molecular complexity index is 800. The summed E-state index contributed by atoms with van der Waals surface area (Å²) in [6.45, 7) is 1.11. The highest BCUT2D eigenvalue weighted by molar-refractivity contribution is 9.10. The summed E-state index contributed by atoms with van der Waals surface area (Å²) >= 11 is 3.45. The number of nitrogens with one attached hydrogen (secondary N) is 3. The summed E-state index contributed by atoms with van der Waals surface area (Å²) in [5.41, 5.74) is 1.72. The zero-order chi connectivity index (χ0) is 19.3. The fourth-order valence-electron chi connectivity index (χ4n) is 3.22. The van der Waals surface area contributed by atoms with E-state index < -0.39 is 5.41 Å². The van der Waals surface area contributed by atoms with Crippen molar-refractivity contribution < 1.29 is 14.3 Å². The number of carbonyl (C=O) groups is 2. The molecule has 3 amide bonds. The van der Waals surface area contributed by atoms with Gasteiger partial charge >= 0.3 is 6.03 Å². The summed E-state index contributed by atoms with van der Waals surface area (Å²) in [6, 6.07) is 14.7. The van der Waals surface area contributed by atoms with Crippen LogP contribution in [0.5, 0.6) is 0 Å². The third kappa shape index (κ3) is 4.48. The van der Waals surface area contributed by atoms with E-state index in [0.29, 0.717) is 37.4 Å². The Kier molecular flexibility index (Phi) is 6.13. The quantitative estimate of drug-likeness (QED) is 0.686. The largest absolute Gasteiger partial charge is 0.381 e. The molecule has 0 saturated carbocycles. The first-order valence-electron chi connectivity index (χ1n) is 8.77. The van der Waals surface area contributed by atoms with Gasteiger partial charge < -0.3 is 20.7 Å². The second kappa shape index (κ2) is 8.54. The lowest BCUT2D eigenvalue weighted by atomic mass is 9.73. The van der Waals surface area contributed by atoms with E-state index in [1.54, 1.807) is 31.3 Å². The zero-order valence-electron chi connectivity index (χ0n) is 15.0. The van der Waals surface area contributed by atoms with Crippen molar-refractivity contribution in [2.45, 2.75) is 18.3 Å². The van der Waals surface area contributed by atoms with E-state index in [1.165, 1.54) is 0 Å². The van der Waals surface area contributed by atoms with Crippen LogP contribution in [0.25, 0.3) is 0 Å². The zero-order valence-corrected chi connectivity index (χ0v) is 16.6. The maximum atomic E-state index is 13.2. The van der Waals surface area contributed by atoms with Gasteiger partial charge in [-0.15, -0.1) is 0 Å². The van der Waals surface area contributed by atoms with Crippen LogP contribution >= 0.6 is 15.9 Å². The number of hydrogen-bond acceptors (Lipinski definition) is 3. The van der Waals surface area contributed by atoms with Gasteiger partial charge in [-0.05, 0) is 54.8 Å². The second-order valence-corrected chi connectivity index (χ2v) is 7.35. The van der Waals surface area contributed by atoms with E-state index >= 15 is 0 Å². The molecule has 1 aliphatic rings. The van der Waals surface area contributed by atoms with E-state index in [9.17, 15) is 9.59 Å². The summed E-state index contributed by atoms with van der Waals surface area (Å²) < 4.78 is 6.48. The lowest BCUT2D eigenvalue weighted by Gasteiger charge is -2.36.